The molecule has 178 valence electrons. The highest BCUT2D eigenvalue weighted by atomic mass is 32.2. The molecule has 0 aromatic heterocycles. The van der Waals surface area contributed by atoms with Crippen molar-refractivity contribution < 1.29 is 14.3 Å². The van der Waals surface area contributed by atoms with Crippen LogP contribution in [0.25, 0.3) is 6.08 Å². The van der Waals surface area contributed by atoms with Crippen LogP contribution < -0.4 is 10.1 Å². The number of anilines is 1. The number of nitrogens with one attached hydrogen (secondary N) is 1. The van der Waals surface area contributed by atoms with E-state index in [2.05, 4.69) is 12.2 Å². The van der Waals surface area contributed by atoms with Gasteiger partial charge in [-0.05, 0) is 59.9 Å². The summed E-state index contributed by atoms with van der Waals surface area (Å²) in [6.07, 6.45) is 3.54. The summed E-state index contributed by atoms with van der Waals surface area (Å²) in [5, 5.41) is 2.83. The Bertz CT molecular complexity index is 1220. The maximum absolute atomic E-state index is 12.9. The minimum absolute atomic E-state index is 0.0695. The van der Waals surface area contributed by atoms with E-state index in [-0.39, 0.29) is 18.4 Å². The summed E-state index contributed by atoms with van der Waals surface area (Å²) in [4.78, 5) is 27.3. The van der Waals surface area contributed by atoms with Gasteiger partial charge in [-0.1, -0.05) is 85.5 Å². The predicted octanol–water partition coefficient (Wildman–Crippen LogP) is 5.71. The van der Waals surface area contributed by atoms with E-state index in [4.69, 9.17) is 17.0 Å². The summed E-state index contributed by atoms with van der Waals surface area (Å²) in [7, 11) is 0. The van der Waals surface area contributed by atoms with E-state index >= 15 is 0 Å². The van der Waals surface area contributed by atoms with Gasteiger partial charge >= 0.3 is 0 Å². The van der Waals surface area contributed by atoms with E-state index in [0.717, 1.165) is 24.1 Å². The molecule has 35 heavy (non-hydrogen) atoms. The minimum Gasteiger partial charge on any atom is -0.484 e. The highest BCUT2D eigenvalue weighted by molar-refractivity contribution is 8.26. The lowest BCUT2D eigenvalue weighted by atomic mass is 10.1. The van der Waals surface area contributed by atoms with Gasteiger partial charge in [-0.15, -0.1) is 0 Å². The molecule has 2 amide bonds. The molecule has 0 atom stereocenters. The van der Waals surface area contributed by atoms with E-state index < -0.39 is 0 Å². The monoisotopic (exact) mass is 502 g/mol. The van der Waals surface area contributed by atoms with Gasteiger partial charge in [0.05, 0.1) is 4.91 Å². The number of ether oxygens (including phenoxy) is 1. The molecule has 0 bridgehead atoms. The Morgan fingerprint density at radius 2 is 1.71 bits per heavy atom. The number of thiocarbonyl (C=S) groups is 1. The Labute approximate surface area is 215 Å². The van der Waals surface area contributed by atoms with Crippen LogP contribution in [0.2, 0.25) is 0 Å². The van der Waals surface area contributed by atoms with Crippen molar-refractivity contribution in [2.75, 3.05) is 18.5 Å². The molecule has 0 aliphatic carbocycles. The quantitative estimate of drug-likeness (QED) is 0.300. The molecule has 4 rings (SSSR count). The lowest BCUT2D eigenvalue weighted by molar-refractivity contribution is -0.122. The lowest BCUT2D eigenvalue weighted by Gasteiger charge is -2.14. The number of hydrogen-bond donors (Lipinski definition) is 1. The molecule has 7 heteroatoms. The van der Waals surface area contributed by atoms with Crippen molar-refractivity contribution in [1.29, 1.82) is 0 Å². The van der Waals surface area contributed by atoms with Gasteiger partial charge in [-0.2, -0.15) is 0 Å². The fraction of sp³-hybridized carbons (Fsp3) is 0.179. The average molecular weight is 503 g/mol. The molecule has 1 aliphatic rings. The highest BCUT2D eigenvalue weighted by Gasteiger charge is 2.31. The zero-order valence-electron chi connectivity index (χ0n) is 19.4. The van der Waals surface area contributed by atoms with Gasteiger partial charge in [0, 0.05) is 12.2 Å². The van der Waals surface area contributed by atoms with Crippen molar-refractivity contribution in [2.24, 2.45) is 0 Å². The number of hydrogen-bond acceptors (Lipinski definition) is 5. The Morgan fingerprint density at radius 1 is 1.00 bits per heavy atom. The number of thioether (sulfide) groups is 1. The number of nitrogens with zero attached hydrogens (tertiary/aromatic N) is 1. The normalized spacial score (nSPS) is 14.4. The first-order valence-corrected chi connectivity index (χ1v) is 12.7. The molecule has 0 radical (unpaired) electrons. The summed E-state index contributed by atoms with van der Waals surface area (Å²) in [5.74, 6) is 0.284. The Kier molecular flexibility index (Phi) is 8.34. The number of carbonyl (C=O) groups is 2. The third kappa shape index (κ3) is 6.81. The van der Waals surface area contributed by atoms with E-state index in [1.54, 1.807) is 17.0 Å². The summed E-state index contributed by atoms with van der Waals surface area (Å²) in [6.45, 7) is 2.56. The van der Waals surface area contributed by atoms with Gasteiger partial charge in [0.1, 0.15) is 10.1 Å². The molecule has 1 heterocycles. The van der Waals surface area contributed by atoms with Crippen LogP contribution in [0.1, 0.15) is 23.6 Å². The number of amides is 2. The van der Waals surface area contributed by atoms with Crippen LogP contribution in [0.15, 0.2) is 83.8 Å². The van der Waals surface area contributed by atoms with Gasteiger partial charge < -0.3 is 10.1 Å². The van der Waals surface area contributed by atoms with Crippen LogP contribution in [-0.4, -0.2) is 34.2 Å². The molecule has 1 saturated heterocycles. The van der Waals surface area contributed by atoms with Crippen LogP contribution in [0.4, 0.5) is 5.69 Å². The summed E-state index contributed by atoms with van der Waals surface area (Å²) in [6, 6.07) is 25.1. The number of aryl methyl sites for hydroxylation is 1. The van der Waals surface area contributed by atoms with Gasteiger partial charge in [-0.25, -0.2) is 0 Å². The van der Waals surface area contributed by atoms with Crippen LogP contribution in [0, 0.1) is 0 Å². The summed E-state index contributed by atoms with van der Waals surface area (Å²) >= 11 is 6.75. The first kappa shape index (κ1) is 24.7. The SMILES string of the molecule is CCc1ccc(NC(=O)COc2ccc(/C=C3\SC(=S)N(CCc4ccccc4)C3=O)cc2)cc1. The third-order valence-corrected chi connectivity index (χ3v) is 6.91. The minimum atomic E-state index is -0.225. The molecule has 0 unspecified atom stereocenters. The number of carbonyl (C=O) groups excluding carboxylic acids is 2. The molecule has 1 fully saturated rings. The molecular weight excluding hydrogens is 476 g/mol. The largest absolute Gasteiger partial charge is 0.484 e. The topological polar surface area (TPSA) is 58.6 Å². The first-order valence-electron chi connectivity index (χ1n) is 11.4. The maximum atomic E-state index is 12.9. The van der Waals surface area contributed by atoms with Gasteiger partial charge in [0.15, 0.2) is 6.61 Å². The Morgan fingerprint density at radius 3 is 2.40 bits per heavy atom. The van der Waals surface area contributed by atoms with Crippen LogP contribution in [0.5, 0.6) is 5.75 Å². The van der Waals surface area contributed by atoms with E-state index in [9.17, 15) is 9.59 Å². The van der Waals surface area contributed by atoms with Gasteiger partial charge in [-0.3, -0.25) is 14.5 Å². The Hall–Kier alpha value is -3.42. The molecule has 0 spiro atoms. The van der Waals surface area contributed by atoms with E-state index in [0.29, 0.717) is 21.5 Å². The molecular formula is C28H26N2O3S2. The van der Waals surface area contributed by atoms with Crippen molar-refractivity contribution in [3.63, 3.8) is 0 Å². The zero-order valence-corrected chi connectivity index (χ0v) is 21.0. The van der Waals surface area contributed by atoms with E-state index in [1.165, 1.54) is 22.9 Å². The average Bonchev–Trinajstić information content (AvgIpc) is 3.15. The predicted molar refractivity (Wildman–Crippen MR) is 146 cm³/mol. The summed E-state index contributed by atoms with van der Waals surface area (Å²) < 4.78 is 6.18. The standard InChI is InChI=1S/C28H26N2O3S2/c1-2-20-8-12-23(13-9-20)29-26(31)19-33-24-14-10-22(11-15-24)18-25-27(32)30(28(34)35-25)17-16-21-6-4-3-5-7-21/h3-15,18H,2,16-17,19H2,1H3,(H,29,31)/b25-18-. The molecule has 1 N–H and O–H groups in total. The second kappa shape index (κ2) is 11.8. The van der Waals surface area contributed by atoms with Crippen LogP contribution in [-0.2, 0) is 22.4 Å². The second-order valence-corrected chi connectivity index (χ2v) is 9.70. The van der Waals surface area contributed by atoms with Crippen molar-refractivity contribution in [3.05, 3.63) is 100 Å². The van der Waals surface area contributed by atoms with E-state index in [1.807, 2.05) is 72.8 Å². The highest BCUT2D eigenvalue weighted by Crippen LogP contribution is 2.32. The molecule has 1 aliphatic heterocycles. The zero-order chi connectivity index (χ0) is 24.6. The molecule has 5 nitrogen and oxygen atoms in total. The van der Waals surface area contributed by atoms with Crippen LogP contribution in [0.3, 0.4) is 0 Å². The van der Waals surface area contributed by atoms with Gasteiger partial charge in [0.2, 0.25) is 0 Å². The van der Waals surface area contributed by atoms with Crippen molar-refractivity contribution in [2.45, 2.75) is 19.8 Å². The van der Waals surface area contributed by atoms with Crippen LogP contribution >= 0.6 is 24.0 Å². The smallest absolute Gasteiger partial charge is 0.266 e. The van der Waals surface area contributed by atoms with Crippen molar-refractivity contribution in [1.82, 2.24) is 4.90 Å². The number of benzene rings is 3. The maximum Gasteiger partial charge on any atom is 0.266 e. The van der Waals surface area contributed by atoms with Gasteiger partial charge in [0.25, 0.3) is 11.8 Å². The third-order valence-electron chi connectivity index (χ3n) is 5.53. The fourth-order valence-electron chi connectivity index (χ4n) is 3.56. The van der Waals surface area contributed by atoms with Crippen molar-refractivity contribution >= 4 is 51.9 Å². The fourth-order valence-corrected chi connectivity index (χ4v) is 4.87. The second-order valence-electron chi connectivity index (χ2n) is 8.03. The molecule has 3 aromatic rings. The molecule has 3 aromatic carbocycles. The summed E-state index contributed by atoms with van der Waals surface area (Å²) in [5.41, 5.74) is 3.99. The Balaban J connectivity index is 1.29. The first-order chi connectivity index (χ1) is 17.0. The van der Waals surface area contributed by atoms with Crippen molar-refractivity contribution in [3.8, 4) is 5.75 Å². The number of rotatable bonds is 9. The lowest BCUT2D eigenvalue weighted by Crippen LogP contribution is -2.30. The molecule has 0 saturated carbocycles.